The fraction of sp³-hybridized carbons (Fsp3) is 0.588. The van der Waals surface area contributed by atoms with Crippen molar-refractivity contribution >= 4 is 5.78 Å². The number of Topliss-reactive ketones (excluding diaryl/α,β-unsaturated/α-hetero) is 1. The van der Waals surface area contributed by atoms with E-state index in [2.05, 4.69) is 43.3 Å². The van der Waals surface area contributed by atoms with Gasteiger partial charge in [0.15, 0.2) is 5.78 Å². The van der Waals surface area contributed by atoms with Gasteiger partial charge in [-0.3, -0.25) is 9.69 Å². The van der Waals surface area contributed by atoms with Gasteiger partial charge in [0.25, 0.3) is 0 Å². The number of benzene rings is 1. The van der Waals surface area contributed by atoms with E-state index in [0.717, 1.165) is 19.3 Å². The number of nitrogens with zero attached hydrogens (tertiary/aromatic N) is 1. The third-order valence-corrected chi connectivity index (χ3v) is 5.10. The molecule has 0 N–H and O–H groups in total. The highest BCUT2D eigenvalue weighted by atomic mass is 16.1. The SMILES string of the molecule is CN(C)C1(C(=O)C2CC2c2ccccc2)CCCC1. The molecule has 102 valence electrons. The molecule has 0 spiro atoms. The van der Waals surface area contributed by atoms with Crippen molar-refractivity contribution in [3.63, 3.8) is 0 Å². The van der Waals surface area contributed by atoms with Crippen molar-refractivity contribution in [2.45, 2.75) is 43.6 Å². The second-order valence-electron chi connectivity index (χ2n) is 6.36. The standard InChI is InChI=1S/C17H23NO/c1-18(2)17(10-6-7-11-17)16(19)15-12-14(15)13-8-4-3-5-9-13/h3-5,8-9,14-15H,6-7,10-12H2,1-2H3. The Morgan fingerprint density at radius 2 is 1.79 bits per heavy atom. The van der Waals surface area contributed by atoms with Crippen LogP contribution in [0.4, 0.5) is 0 Å². The summed E-state index contributed by atoms with van der Waals surface area (Å²) in [6.07, 6.45) is 5.56. The second-order valence-corrected chi connectivity index (χ2v) is 6.36. The van der Waals surface area contributed by atoms with Crippen LogP contribution in [0.3, 0.4) is 0 Å². The van der Waals surface area contributed by atoms with Crippen molar-refractivity contribution in [2.24, 2.45) is 5.92 Å². The number of carbonyl (C=O) groups excluding carboxylic acids is 1. The molecule has 1 aromatic carbocycles. The Labute approximate surface area is 115 Å². The molecule has 2 saturated carbocycles. The highest BCUT2D eigenvalue weighted by Gasteiger charge is 2.53. The van der Waals surface area contributed by atoms with Crippen LogP contribution in [0.25, 0.3) is 0 Å². The molecule has 2 heteroatoms. The van der Waals surface area contributed by atoms with E-state index < -0.39 is 0 Å². The molecule has 0 saturated heterocycles. The summed E-state index contributed by atoms with van der Waals surface area (Å²) >= 11 is 0. The zero-order chi connectivity index (χ0) is 13.5. The summed E-state index contributed by atoms with van der Waals surface area (Å²) < 4.78 is 0. The predicted molar refractivity (Wildman–Crippen MR) is 77.2 cm³/mol. The summed E-state index contributed by atoms with van der Waals surface area (Å²) in [6, 6.07) is 10.5. The van der Waals surface area contributed by atoms with Gasteiger partial charge in [0.05, 0.1) is 5.54 Å². The zero-order valence-electron chi connectivity index (χ0n) is 11.9. The molecule has 0 heterocycles. The van der Waals surface area contributed by atoms with E-state index in [0.29, 0.717) is 11.7 Å². The van der Waals surface area contributed by atoms with Crippen LogP contribution in [0.2, 0.25) is 0 Å². The van der Waals surface area contributed by atoms with Crippen molar-refractivity contribution < 1.29 is 4.79 Å². The lowest BCUT2D eigenvalue weighted by Crippen LogP contribution is -2.49. The minimum absolute atomic E-state index is 0.159. The van der Waals surface area contributed by atoms with Crippen molar-refractivity contribution in [3.8, 4) is 0 Å². The molecule has 0 bridgehead atoms. The van der Waals surface area contributed by atoms with Gasteiger partial charge in [-0.1, -0.05) is 43.2 Å². The first-order valence-electron chi connectivity index (χ1n) is 7.42. The smallest absolute Gasteiger partial charge is 0.156 e. The molecular weight excluding hydrogens is 234 g/mol. The van der Waals surface area contributed by atoms with E-state index >= 15 is 0 Å². The zero-order valence-corrected chi connectivity index (χ0v) is 11.9. The summed E-state index contributed by atoms with van der Waals surface area (Å²) in [4.78, 5) is 15.1. The Morgan fingerprint density at radius 3 is 2.37 bits per heavy atom. The van der Waals surface area contributed by atoms with Gasteiger partial charge in [-0.2, -0.15) is 0 Å². The summed E-state index contributed by atoms with van der Waals surface area (Å²) in [5.41, 5.74) is 1.18. The molecule has 0 radical (unpaired) electrons. The maximum atomic E-state index is 12.9. The van der Waals surface area contributed by atoms with Crippen LogP contribution < -0.4 is 0 Å². The molecule has 2 atom stereocenters. The van der Waals surface area contributed by atoms with Gasteiger partial charge in [-0.15, -0.1) is 0 Å². The average molecular weight is 257 g/mol. The maximum Gasteiger partial charge on any atom is 0.156 e. The Kier molecular flexibility index (Phi) is 3.22. The first kappa shape index (κ1) is 12.9. The van der Waals surface area contributed by atoms with Crippen molar-refractivity contribution in [1.82, 2.24) is 4.90 Å². The normalized spacial score (nSPS) is 28.6. The number of carbonyl (C=O) groups is 1. The Bertz CT molecular complexity index is 459. The minimum atomic E-state index is -0.159. The molecule has 0 aliphatic heterocycles. The van der Waals surface area contributed by atoms with Gasteiger partial charge < -0.3 is 0 Å². The first-order valence-corrected chi connectivity index (χ1v) is 7.42. The number of likely N-dealkylation sites (N-methyl/N-ethyl adjacent to an activating group) is 1. The van der Waals surface area contributed by atoms with Gasteiger partial charge in [-0.25, -0.2) is 0 Å². The Hall–Kier alpha value is -1.15. The van der Waals surface area contributed by atoms with E-state index in [4.69, 9.17) is 0 Å². The highest BCUT2D eigenvalue weighted by Crippen LogP contribution is 2.52. The van der Waals surface area contributed by atoms with Crippen molar-refractivity contribution in [1.29, 1.82) is 0 Å². The van der Waals surface area contributed by atoms with E-state index in [-0.39, 0.29) is 11.5 Å². The molecule has 1 aromatic rings. The van der Waals surface area contributed by atoms with Gasteiger partial charge in [-0.05, 0) is 44.8 Å². The molecule has 2 aliphatic carbocycles. The molecule has 19 heavy (non-hydrogen) atoms. The highest BCUT2D eigenvalue weighted by molar-refractivity contribution is 5.93. The molecule has 2 aliphatic rings. The fourth-order valence-electron chi connectivity index (χ4n) is 3.77. The van der Waals surface area contributed by atoms with Crippen LogP contribution >= 0.6 is 0 Å². The van der Waals surface area contributed by atoms with Crippen LogP contribution in [0.15, 0.2) is 30.3 Å². The summed E-state index contributed by atoms with van der Waals surface area (Å²) in [5.74, 6) is 1.25. The van der Waals surface area contributed by atoms with E-state index in [1.807, 2.05) is 6.07 Å². The monoisotopic (exact) mass is 257 g/mol. The van der Waals surface area contributed by atoms with Crippen LogP contribution in [-0.2, 0) is 4.79 Å². The van der Waals surface area contributed by atoms with E-state index in [1.54, 1.807) is 0 Å². The second kappa shape index (κ2) is 4.75. The summed E-state index contributed by atoms with van der Waals surface area (Å²) in [5, 5.41) is 0. The summed E-state index contributed by atoms with van der Waals surface area (Å²) in [6.45, 7) is 0. The largest absolute Gasteiger partial charge is 0.297 e. The molecular formula is C17H23NO. The predicted octanol–water partition coefficient (Wildman–Crippen LogP) is 3.23. The lowest BCUT2D eigenvalue weighted by molar-refractivity contribution is -0.131. The van der Waals surface area contributed by atoms with Crippen LogP contribution in [0.1, 0.15) is 43.6 Å². The van der Waals surface area contributed by atoms with Crippen LogP contribution in [0, 0.1) is 5.92 Å². The number of rotatable bonds is 4. The topological polar surface area (TPSA) is 20.3 Å². The van der Waals surface area contributed by atoms with Gasteiger partial charge in [0, 0.05) is 5.92 Å². The van der Waals surface area contributed by atoms with E-state index in [9.17, 15) is 4.79 Å². The first-order chi connectivity index (χ1) is 9.15. The Morgan fingerprint density at radius 1 is 1.16 bits per heavy atom. The van der Waals surface area contributed by atoms with Gasteiger partial charge in [0.1, 0.15) is 0 Å². The molecule has 2 unspecified atom stereocenters. The fourth-order valence-corrected chi connectivity index (χ4v) is 3.77. The average Bonchev–Trinajstić information content (AvgIpc) is 3.06. The molecule has 2 nitrogen and oxygen atoms in total. The summed E-state index contributed by atoms with van der Waals surface area (Å²) in [7, 11) is 4.15. The Balaban J connectivity index is 1.76. The lowest BCUT2D eigenvalue weighted by atomic mass is 9.86. The molecule has 0 amide bonds. The molecule has 0 aromatic heterocycles. The van der Waals surface area contributed by atoms with Crippen LogP contribution in [0.5, 0.6) is 0 Å². The molecule has 2 fully saturated rings. The maximum absolute atomic E-state index is 12.9. The van der Waals surface area contributed by atoms with Gasteiger partial charge >= 0.3 is 0 Å². The third kappa shape index (κ3) is 2.12. The van der Waals surface area contributed by atoms with Gasteiger partial charge in [0.2, 0.25) is 0 Å². The number of ketones is 1. The lowest BCUT2D eigenvalue weighted by Gasteiger charge is -2.35. The number of hydrogen-bond acceptors (Lipinski definition) is 2. The van der Waals surface area contributed by atoms with Crippen molar-refractivity contribution in [3.05, 3.63) is 35.9 Å². The van der Waals surface area contributed by atoms with Crippen LogP contribution in [-0.4, -0.2) is 30.3 Å². The number of hydrogen-bond donors (Lipinski definition) is 0. The minimum Gasteiger partial charge on any atom is -0.297 e. The molecule has 3 rings (SSSR count). The quantitative estimate of drug-likeness (QED) is 0.825. The van der Waals surface area contributed by atoms with Crippen molar-refractivity contribution in [2.75, 3.05) is 14.1 Å². The third-order valence-electron chi connectivity index (χ3n) is 5.10. The van der Waals surface area contributed by atoms with E-state index in [1.165, 1.54) is 18.4 Å².